The summed E-state index contributed by atoms with van der Waals surface area (Å²) in [6, 6.07) is 0.298. The van der Waals surface area contributed by atoms with Crippen molar-refractivity contribution in [2.75, 3.05) is 13.1 Å². The highest BCUT2D eigenvalue weighted by Gasteiger charge is 2.17. The fraction of sp³-hybridized carbons (Fsp3) is 0.833. The van der Waals surface area contributed by atoms with Gasteiger partial charge in [0.2, 0.25) is 5.91 Å². The molecule has 5 heteroatoms. The lowest BCUT2D eigenvalue weighted by Gasteiger charge is -2.14. The molecule has 2 unspecified atom stereocenters. The second kappa shape index (κ2) is 8.98. The van der Waals surface area contributed by atoms with Crippen LogP contribution in [0.2, 0.25) is 0 Å². The van der Waals surface area contributed by atoms with Crippen molar-refractivity contribution in [1.29, 1.82) is 0 Å². The lowest BCUT2D eigenvalue weighted by atomic mass is 10.0. The van der Waals surface area contributed by atoms with E-state index in [1.807, 2.05) is 20.8 Å². The van der Waals surface area contributed by atoms with E-state index in [0.29, 0.717) is 12.5 Å². The molecule has 0 bridgehead atoms. The number of carbonyl (C=O) groups excluding carboxylic acids is 1. The molecule has 5 nitrogen and oxygen atoms in total. The topological polar surface area (TPSA) is 78.4 Å². The molecule has 0 aromatic carbocycles. The van der Waals surface area contributed by atoms with E-state index in [1.165, 1.54) is 0 Å². The number of carboxylic acids is 1. The molecule has 0 heterocycles. The number of carbonyl (C=O) groups is 2. The Morgan fingerprint density at radius 3 is 2.41 bits per heavy atom. The van der Waals surface area contributed by atoms with Gasteiger partial charge in [0.1, 0.15) is 0 Å². The number of aliphatic carboxylic acids is 1. The van der Waals surface area contributed by atoms with Crippen LogP contribution >= 0.6 is 0 Å². The Hall–Kier alpha value is -1.10. The van der Waals surface area contributed by atoms with Crippen LogP contribution in [0.15, 0.2) is 0 Å². The van der Waals surface area contributed by atoms with Crippen LogP contribution in [0.4, 0.5) is 0 Å². The standard InChI is InChI=1S/C12H24N2O3/c1-4-6-10(12(16)17)7-14-11(15)8-13-9(3)5-2/h9-10,13H,4-8H2,1-3H3,(H,14,15)(H,16,17). The summed E-state index contributed by atoms with van der Waals surface area (Å²) < 4.78 is 0. The van der Waals surface area contributed by atoms with Crippen LogP contribution in [0.3, 0.4) is 0 Å². The molecule has 0 fully saturated rings. The van der Waals surface area contributed by atoms with Gasteiger partial charge in [-0.1, -0.05) is 20.3 Å². The van der Waals surface area contributed by atoms with Crippen molar-refractivity contribution in [3.05, 3.63) is 0 Å². The molecule has 0 aliphatic rings. The molecular weight excluding hydrogens is 220 g/mol. The van der Waals surface area contributed by atoms with Crippen molar-refractivity contribution < 1.29 is 14.7 Å². The first kappa shape index (κ1) is 15.9. The van der Waals surface area contributed by atoms with Crippen LogP contribution in [0, 0.1) is 5.92 Å². The van der Waals surface area contributed by atoms with E-state index in [9.17, 15) is 9.59 Å². The molecule has 0 aromatic heterocycles. The highest BCUT2D eigenvalue weighted by molar-refractivity contribution is 5.79. The molecule has 0 radical (unpaired) electrons. The van der Waals surface area contributed by atoms with E-state index in [2.05, 4.69) is 10.6 Å². The van der Waals surface area contributed by atoms with Crippen molar-refractivity contribution in [3.63, 3.8) is 0 Å². The summed E-state index contributed by atoms with van der Waals surface area (Å²) >= 11 is 0. The maximum absolute atomic E-state index is 11.4. The summed E-state index contributed by atoms with van der Waals surface area (Å²) in [6.07, 6.45) is 2.35. The smallest absolute Gasteiger partial charge is 0.308 e. The molecule has 0 saturated heterocycles. The van der Waals surface area contributed by atoms with Crippen LogP contribution in [0.5, 0.6) is 0 Å². The zero-order valence-corrected chi connectivity index (χ0v) is 11.0. The molecule has 17 heavy (non-hydrogen) atoms. The Kier molecular flexibility index (Phi) is 8.40. The second-order valence-electron chi connectivity index (χ2n) is 4.32. The van der Waals surface area contributed by atoms with Crippen molar-refractivity contribution in [1.82, 2.24) is 10.6 Å². The van der Waals surface area contributed by atoms with Gasteiger partial charge in [-0.05, 0) is 19.8 Å². The molecule has 2 atom stereocenters. The molecule has 3 N–H and O–H groups in total. The number of hydrogen-bond donors (Lipinski definition) is 3. The quantitative estimate of drug-likeness (QED) is 0.565. The van der Waals surface area contributed by atoms with E-state index >= 15 is 0 Å². The van der Waals surface area contributed by atoms with Crippen molar-refractivity contribution in [3.8, 4) is 0 Å². The number of rotatable bonds is 9. The highest BCUT2D eigenvalue weighted by Crippen LogP contribution is 2.04. The van der Waals surface area contributed by atoms with Gasteiger partial charge in [-0.3, -0.25) is 9.59 Å². The largest absolute Gasteiger partial charge is 0.481 e. The summed E-state index contributed by atoms with van der Waals surface area (Å²) in [6.45, 7) is 6.43. The molecule has 0 aromatic rings. The van der Waals surface area contributed by atoms with Crippen LogP contribution < -0.4 is 10.6 Å². The van der Waals surface area contributed by atoms with Crippen LogP contribution in [-0.2, 0) is 9.59 Å². The third-order valence-electron chi connectivity index (χ3n) is 2.76. The Balaban J connectivity index is 3.84. The fourth-order valence-corrected chi connectivity index (χ4v) is 1.37. The van der Waals surface area contributed by atoms with Gasteiger partial charge < -0.3 is 15.7 Å². The zero-order valence-electron chi connectivity index (χ0n) is 11.0. The van der Waals surface area contributed by atoms with E-state index < -0.39 is 11.9 Å². The molecule has 0 aliphatic heterocycles. The molecular formula is C12H24N2O3. The minimum atomic E-state index is -0.845. The zero-order chi connectivity index (χ0) is 13.3. The first-order chi connectivity index (χ1) is 8.01. The van der Waals surface area contributed by atoms with E-state index in [-0.39, 0.29) is 19.0 Å². The van der Waals surface area contributed by atoms with Crippen LogP contribution in [0.1, 0.15) is 40.0 Å². The minimum absolute atomic E-state index is 0.146. The van der Waals surface area contributed by atoms with Gasteiger partial charge in [-0.15, -0.1) is 0 Å². The van der Waals surface area contributed by atoms with Gasteiger partial charge in [-0.2, -0.15) is 0 Å². The Labute approximate surface area is 103 Å². The van der Waals surface area contributed by atoms with Gasteiger partial charge in [0, 0.05) is 12.6 Å². The van der Waals surface area contributed by atoms with Crippen LogP contribution in [0.25, 0.3) is 0 Å². The van der Waals surface area contributed by atoms with Gasteiger partial charge in [-0.25, -0.2) is 0 Å². The summed E-state index contributed by atoms with van der Waals surface area (Å²) in [5.41, 5.74) is 0. The van der Waals surface area contributed by atoms with E-state index in [0.717, 1.165) is 12.8 Å². The Bertz CT molecular complexity index is 244. The van der Waals surface area contributed by atoms with Gasteiger partial charge >= 0.3 is 5.97 Å². The normalized spacial score (nSPS) is 14.1. The summed E-state index contributed by atoms with van der Waals surface area (Å²) in [4.78, 5) is 22.3. The predicted octanol–water partition coefficient (Wildman–Crippen LogP) is 0.992. The molecule has 0 rings (SSSR count). The Morgan fingerprint density at radius 1 is 1.29 bits per heavy atom. The lowest BCUT2D eigenvalue weighted by Crippen LogP contribution is -2.40. The van der Waals surface area contributed by atoms with Crippen molar-refractivity contribution in [2.45, 2.75) is 46.1 Å². The average molecular weight is 244 g/mol. The van der Waals surface area contributed by atoms with E-state index in [1.54, 1.807) is 0 Å². The first-order valence-electron chi connectivity index (χ1n) is 6.24. The maximum atomic E-state index is 11.4. The lowest BCUT2D eigenvalue weighted by molar-refractivity contribution is -0.141. The van der Waals surface area contributed by atoms with Crippen molar-refractivity contribution >= 4 is 11.9 Å². The summed E-state index contributed by atoms with van der Waals surface area (Å²) in [5.74, 6) is -1.47. The predicted molar refractivity (Wildman–Crippen MR) is 66.8 cm³/mol. The van der Waals surface area contributed by atoms with Gasteiger partial charge in [0.25, 0.3) is 0 Å². The average Bonchev–Trinajstić information content (AvgIpc) is 2.30. The first-order valence-corrected chi connectivity index (χ1v) is 6.24. The van der Waals surface area contributed by atoms with Crippen molar-refractivity contribution in [2.24, 2.45) is 5.92 Å². The molecule has 1 amide bonds. The van der Waals surface area contributed by atoms with Crippen LogP contribution in [-0.4, -0.2) is 36.1 Å². The third-order valence-corrected chi connectivity index (χ3v) is 2.76. The van der Waals surface area contributed by atoms with E-state index in [4.69, 9.17) is 5.11 Å². The third kappa shape index (κ3) is 7.74. The number of nitrogens with one attached hydrogen (secondary N) is 2. The molecule has 0 spiro atoms. The molecule has 0 aliphatic carbocycles. The number of amides is 1. The fourth-order valence-electron chi connectivity index (χ4n) is 1.37. The maximum Gasteiger partial charge on any atom is 0.308 e. The highest BCUT2D eigenvalue weighted by atomic mass is 16.4. The Morgan fingerprint density at radius 2 is 1.94 bits per heavy atom. The van der Waals surface area contributed by atoms with Gasteiger partial charge in [0.05, 0.1) is 12.5 Å². The number of carboxylic acid groups (broad SMARTS) is 1. The SMILES string of the molecule is CCCC(CNC(=O)CNC(C)CC)C(=O)O. The molecule has 0 saturated carbocycles. The summed E-state index contributed by atoms with van der Waals surface area (Å²) in [5, 5.41) is 14.6. The summed E-state index contributed by atoms with van der Waals surface area (Å²) in [7, 11) is 0. The molecule has 100 valence electrons. The monoisotopic (exact) mass is 244 g/mol. The van der Waals surface area contributed by atoms with Gasteiger partial charge in [0.15, 0.2) is 0 Å². The minimum Gasteiger partial charge on any atom is -0.481 e. The second-order valence-corrected chi connectivity index (χ2v) is 4.32. The number of hydrogen-bond acceptors (Lipinski definition) is 3.